The number of fused-ring (bicyclic) bond motifs is 4. The molecule has 0 saturated heterocycles. The van der Waals surface area contributed by atoms with Crippen LogP contribution in [-0.4, -0.2) is 9.55 Å². The second-order valence-electron chi connectivity index (χ2n) is 8.48. The zero-order valence-corrected chi connectivity index (χ0v) is 19.7. The third-order valence-electron chi connectivity index (χ3n) is 6.36. The Morgan fingerprint density at radius 3 is 1.90 bits per heavy atom. The molecule has 8 aromatic rings. The number of nitrogens with zero attached hydrogens (tertiary/aromatic N) is 2. The number of imidazole rings is 1. The fraction of sp³-hybridized carbons (Fsp3) is 0. The van der Waals surface area contributed by atoms with Gasteiger partial charge in [0.25, 0.3) is 0 Å². The number of hydrogen-bond donors (Lipinski definition) is 0. The van der Waals surface area contributed by atoms with Crippen LogP contribution in [0.1, 0.15) is 27.4 Å². The summed E-state index contributed by atoms with van der Waals surface area (Å²) in [6.45, 7) is 0. The van der Waals surface area contributed by atoms with Gasteiger partial charge in [0.2, 0.25) is 0 Å². The quantitative estimate of drug-likeness (QED) is 0.214. The summed E-state index contributed by atoms with van der Waals surface area (Å²) in [5, 5.41) is -2.99. The van der Waals surface area contributed by atoms with Crippen molar-refractivity contribution in [1.29, 1.82) is 0 Å². The van der Waals surface area contributed by atoms with Gasteiger partial charge in [-0.3, -0.25) is 4.57 Å². The van der Waals surface area contributed by atoms with Gasteiger partial charge >= 0.3 is 0 Å². The van der Waals surface area contributed by atoms with E-state index in [1.807, 2.05) is 0 Å². The molecule has 1 heterocycles. The maximum atomic E-state index is 9.42. The lowest BCUT2D eigenvalue weighted by Crippen LogP contribution is -2.01. The van der Waals surface area contributed by atoms with E-state index in [9.17, 15) is 8.22 Å². The van der Waals surface area contributed by atoms with Crippen molar-refractivity contribution in [3.05, 3.63) is 145 Å². The molecular formula is C37H24N2. The van der Waals surface area contributed by atoms with Crippen molar-refractivity contribution in [3.8, 4) is 28.2 Å². The monoisotopic (exact) mass is 516 g/mol. The molecule has 0 amide bonds. The maximum Gasteiger partial charge on any atom is 0.145 e. The molecule has 7 aromatic carbocycles. The highest BCUT2D eigenvalue weighted by Gasteiger charge is 2.21. The molecule has 0 aliphatic heterocycles. The number of aromatic nitrogens is 2. The van der Waals surface area contributed by atoms with Crippen LogP contribution in [0.2, 0.25) is 0 Å². The first-order valence-corrected chi connectivity index (χ1v) is 11.7. The Morgan fingerprint density at radius 2 is 1.15 bits per heavy atom. The summed E-state index contributed by atoms with van der Waals surface area (Å²) in [5.41, 5.74) is -1.76. The van der Waals surface area contributed by atoms with Gasteiger partial charge in [0, 0.05) is 16.3 Å². The van der Waals surface area contributed by atoms with Crippen LogP contribution in [0.4, 0.5) is 0 Å². The molecule has 2 heteroatoms. The van der Waals surface area contributed by atoms with Crippen LogP contribution in [0.5, 0.6) is 0 Å². The molecule has 0 spiro atoms. The van der Waals surface area contributed by atoms with Gasteiger partial charge in [-0.05, 0) is 50.8 Å². The van der Waals surface area contributed by atoms with Gasteiger partial charge in [-0.15, -0.1) is 0 Å². The Hall–Kier alpha value is -5.21. The van der Waals surface area contributed by atoms with Crippen molar-refractivity contribution in [2.24, 2.45) is 0 Å². The van der Waals surface area contributed by atoms with Crippen LogP contribution < -0.4 is 0 Å². The fourth-order valence-corrected chi connectivity index (χ4v) is 4.77. The molecule has 0 N–H and O–H groups in total. The minimum absolute atomic E-state index is 0.113. The van der Waals surface area contributed by atoms with E-state index in [-0.39, 0.29) is 22.5 Å². The zero-order chi connectivity index (χ0) is 43.2. The van der Waals surface area contributed by atoms with Gasteiger partial charge < -0.3 is 0 Å². The van der Waals surface area contributed by atoms with Crippen LogP contribution in [0.25, 0.3) is 71.6 Å². The van der Waals surface area contributed by atoms with E-state index in [1.165, 1.54) is 16.7 Å². The van der Waals surface area contributed by atoms with Gasteiger partial charge in [-0.25, -0.2) is 4.98 Å². The lowest BCUT2D eigenvalue weighted by atomic mass is 9.89. The van der Waals surface area contributed by atoms with Gasteiger partial charge in [-0.2, -0.15) is 0 Å². The third kappa shape index (κ3) is 3.39. The van der Waals surface area contributed by atoms with Crippen molar-refractivity contribution in [2.45, 2.75) is 0 Å². The predicted octanol–water partition coefficient (Wildman–Crippen LogP) is 9.82. The normalized spacial score (nSPS) is 18.8. The summed E-state index contributed by atoms with van der Waals surface area (Å²) in [7, 11) is 0. The Balaban J connectivity index is 1.77. The molecule has 0 fully saturated rings. The van der Waals surface area contributed by atoms with Crippen LogP contribution in [0.15, 0.2) is 145 Å². The van der Waals surface area contributed by atoms with E-state index in [1.54, 1.807) is 12.1 Å². The molecule has 0 aliphatic carbocycles. The summed E-state index contributed by atoms with van der Waals surface area (Å²) in [5.74, 6) is -0.365. The van der Waals surface area contributed by atoms with Crippen LogP contribution in [0.3, 0.4) is 0 Å². The van der Waals surface area contributed by atoms with E-state index in [0.717, 1.165) is 0 Å². The Kier molecular flexibility index (Phi) is 2.19. The van der Waals surface area contributed by atoms with Crippen LogP contribution >= 0.6 is 0 Å². The lowest BCUT2D eigenvalue weighted by Gasteiger charge is -2.20. The Morgan fingerprint density at radius 1 is 0.538 bits per heavy atom. The van der Waals surface area contributed by atoms with Gasteiger partial charge in [0.15, 0.2) is 0 Å². The van der Waals surface area contributed by atoms with Crippen molar-refractivity contribution in [2.75, 3.05) is 0 Å². The molecule has 39 heavy (non-hydrogen) atoms. The Bertz CT molecular complexity index is 3170. The number of hydrogen-bond acceptors (Lipinski definition) is 1. The van der Waals surface area contributed by atoms with Gasteiger partial charge in [-0.1, -0.05) is 127 Å². The largest absolute Gasteiger partial charge is 0.291 e. The lowest BCUT2D eigenvalue weighted by molar-refractivity contribution is 1.13. The highest BCUT2D eigenvalue weighted by molar-refractivity contribution is 6.19. The third-order valence-corrected chi connectivity index (χ3v) is 6.36. The van der Waals surface area contributed by atoms with Crippen molar-refractivity contribution >= 4 is 43.4 Å². The topological polar surface area (TPSA) is 17.8 Å². The van der Waals surface area contributed by atoms with Crippen LogP contribution in [-0.2, 0) is 0 Å². The average molecular weight is 517 g/mol. The Labute approximate surface area is 254 Å². The summed E-state index contributed by atoms with van der Waals surface area (Å²) < 4.78 is 178. The molecule has 0 saturated carbocycles. The first-order chi connectivity index (χ1) is 27.7. The molecule has 8 rings (SSSR count). The standard InChI is InChI=1S/C37H24N2/c1-2-13-26(14-3-1)37-38-33-20-10-11-21-34(33)39(37)36-31-18-8-6-16-29(31)35(30-17-7-9-19-32(30)36)28-23-22-25-12-4-5-15-27(25)24-28/h1-24H/i1D,2D,3D,4D,5D,6D,7D,8D,9D,12D,13D,14D,15D,16D,17D,18D,19D,22D,23D,24D. The van der Waals surface area contributed by atoms with Crippen molar-refractivity contribution in [3.63, 3.8) is 0 Å². The fourth-order valence-electron chi connectivity index (χ4n) is 4.77. The molecule has 182 valence electrons. The molecule has 0 unspecified atom stereocenters. The van der Waals surface area contributed by atoms with Crippen molar-refractivity contribution < 1.29 is 27.4 Å². The molecule has 1 aromatic heterocycles. The van der Waals surface area contributed by atoms with E-state index in [4.69, 9.17) is 19.2 Å². The van der Waals surface area contributed by atoms with E-state index in [2.05, 4.69) is 4.98 Å². The molecule has 0 bridgehead atoms. The summed E-state index contributed by atoms with van der Waals surface area (Å²) in [4.78, 5) is 4.63. The van der Waals surface area contributed by atoms with Crippen molar-refractivity contribution in [1.82, 2.24) is 9.55 Å². The minimum atomic E-state index is -0.851. The summed E-state index contributed by atoms with van der Waals surface area (Å²) in [6, 6.07) is -9.45. The van der Waals surface area contributed by atoms with Gasteiger partial charge in [0.1, 0.15) is 5.82 Å². The van der Waals surface area contributed by atoms with E-state index in [0.29, 0.717) is 0 Å². The van der Waals surface area contributed by atoms with Gasteiger partial charge in [0.05, 0.1) is 44.1 Å². The number of para-hydroxylation sites is 2. The summed E-state index contributed by atoms with van der Waals surface area (Å²) in [6.07, 6.45) is 0. The molecule has 0 aliphatic rings. The van der Waals surface area contributed by atoms with E-state index >= 15 is 0 Å². The average Bonchev–Trinajstić information content (AvgIpc) is 3.59. The smallest absolute Gasteiger partial charge is 0.145 e. The van der Waals surface area contributed by atoms with E-state index < -0.39 is 170 Å². The molecule has 0 radical (unpaired) electrons. The zero-order valence-electron chi connectivity index (χ0n) is 39.7. The van der Waals surface area contributed by atoms with Crippen LogP contribution in [0, 0.1) is 0 Å². The first kappa shape index (κ1) is 9.83. The highest BCUT2D eigenvalue weighted by Crippen LogP contribution is 2.43. The molecular weight excluding hydrogens is 472 g/mol. The first-order valence-electron chi connectivity index (χ1n) is 21.7. The number of rotatable bonds is 3. The highest BCUT2D eigenvalue weighted by atomic mass is 15.1. The SMILES string of the molecule is [2H]c1c([2H])c([2H])c(-c2nc3ccccc3n2-c2c3c([2H])c([2H])c([2H])c([2H])c3c(-c3c([2H])c([2H])c4c([2H])c([2H])c([2H])c([2H])c4c3[2H])c3c([2H])c([2H])c([2H])c([2H])c23)c([2H])c1[2H]. The molecule has 2 nitrogen and oxygen atoms in total. The number of benzene rings is 7. The minimum Gasteiger partial charge on any atom is -0.291 e. The second-order valence-corrected chi connectivity index (χ2v) is 8.48. The molecule has 0 atom stereocenters. The summed E-state index contributed by atoms with van der Waals surface area (Å²) >= 11 is 0. The maximum absolute atomic E-state index is 9.42. The predicted molar refractivity (Wildman–Crippen MR) is 164 cm³/mol. The second kappa shape index (κ2) is 8.68.